The van der Waals surface area contributed by atoms with Gasteiger partial charge in [-0.25, -0.2) is 0 Å². The van der Waals surface area contributed by atoms with Gasteiger partial charge in [0.1, 0.15) is 12.4 Å². The summed E-state index contributed by atoms with van der Waals surface area (Å²) in [5, 5.41) is 3.44. The number of nitrogens with zero attached hydrogens (tertiary/aromatic N) is 1. The van der Waals surface area contributed by atoms with Crippen LogP contribution in [-0.2, 0) is 4.84 Å². The highest BCUT2D eigenvalue weighted by atomic mass is 16.6. The number of rotatable bonds is 2. The van der Waals surface area contributed by atoms with Crippen molar-refractivity contribution in [2.24, 2.45) is 10.9 Å². The minimum atomic E-state index is 0.460. The maximum atomic E-state index is 5.10. The molecule has 0 aliphatic heterocycles. The normalized spacial score (nSPS) is 11.4. The number of hydrogen-bond donors (Lipinski definition) is 1. The van der Waals surface area contributed by atoms with Gasteiger partial charge in [-0.3, -0.25) is 0 Å². The van der Waals surface area contributed by atoms with E-state index < -0.39 is 0 Å². The van der Waals surface area contributed by atoms with Crippen LogP contribution in [0.2, 0.25) is 0 Å². The zero-order valence-corrected chi connectivity index (χ0v) is 4.64. The molecule has 0 aromatic carbocycles. The quantitative estimate of drug-likeness (QED) is 0.310. The van der Waals surface area contributed by atoms with Gasteiger partial charge < -0.3 is 10.6 Å². The van der Waals surface area contributed by atoms with Crippen molar-refractivity contribution in [1.29, 1.82) is 0 Å². The first kappa shape index (κ1) is 6.27. The van der Waals surface area contributed by atoms with Gasteiger partial charge in [-0.15, -0.1) is 0 Å². The standard InChI is InChI=1S/C4H10N2O/c1-3-7-6-4(2)5/h3H2,1-2H3,(H2,5,6). The Hall–Kier alpha value is -0.730. The summed E-state index contributed by atoms with van der Waals surface area (Å²) in [5.41, 5.74) is 5.10. The number of amidine groups is 1. The first-order chi connectivity index (χ1) is 3.27. The van der Waals surface area contributed by atoms with Gasteiger partial charge in [-0.1, -0.05) is 5.16 Å². The maximum Gasteiger partial charge on any atom is 0.136 e. The van der Waals surface area contributed by atoms with Crippen molar-refractivity contribution in [2.75, 3.05) is 6.61 Å². The van der Waals surface area contributed by atoms with Crippen molar-refractivity contribution < 1.29 is 4.84 Å². The Morgan fingerprint density at radius 2 is 2.43 bits per heavy atom. The zero-order valence-electron chi connectivity index (χ0n) is 4.64. The van der Waals surface area contributed by atoms with Crippen LogP contribution in [0.5, 0.6) is 0 Å². The molecule has 0 bridgehead atoms. The van der Waals surface area contributed by atoms with Crippen molar-refractivity contribution in [2.45, 2.75) is 13.8 Å². The van der Waals surface area contributed by atoms with Crippen molar-refractivity contribution in [3.8, 4) is 0 Å². The molecule has 3 heteroatoms. The lowest BCUT2D eigenvalue weighted by atomic mass is 10.7. The Morgan fingerprint density at radius 3 is 2.57 bits per heavy atom. The summed E-state index contributed by atoms with van der Waals surface area (Å²) in [4.78, 5) is 4.56. The van der Waals surface area contributed by atoms with Crippen molar-refractivity contribution >= 4 is 5.84 Å². The van der Waals surface area contributed by atoms with E-state index in [1.165, 1.54) is 0 Å². The third-order valence-corrected chi connectivity index (χ3v) is 0.338. The van der Waals surface area contributed by atoms with Gasteiger partial charge in [0.15, 0.2) is 0 Å². The molecule has 0 saturated heterocycles. The van der Waals surface area contributed by atoms with Gasteiger partial charge in [-0.2, -0.15) is 0 Å². The van der Waals surface area contributed by atoms with E-state index in [1.807, 2.05) is 6.92 Å². The van der Waals surface area contributed by atoms with Crippen molar-refractivity contribution in [3.05, 3.63) is 0 Å². The molecule has 7 heavy (non-hydrogen) atoms. The smallest absolute Gasteiger partial charge is 0.136 e. The molecule has 0 aromatic rings. The highest BCUT2D eigenvalue weighted by Crippen LogP contribution is 1.71. The summed E-state index contributed by atoms with van der Waals surface area (Å²) < 4.78 is 0. The van der Waals surface area contributed by atoms with E-state index in [0.29, 0.717) is 12.4 Å². The van der Waals surface area contributed by atoms with E-state index in [4.69, 9.17) is 5.73 Å². The van der Waals surface area contributed by atoms with E-state index >= 15 is 0 Å². The van der Waals surface area contributed by atoms with Crippen LogP contribution in [0.3, 0.4) is 0 Å². The van der Waals surface area contributed by atoms with Crippen LogP contribution in [0.15, 0.2) is 5.16 Å². The average Bonchev–Trinajstić information content (AvgIpc) is 1.61. The molecular weight excluding hydrogens is 92.1 g/mol. The highest BCUT2D eigenvalue weighted by Gasteiger charge is 1.73. The molecular formula is C4H10N2O. The summed E-state index contributed by atoms with van der Waals surface area (Å²) >= 11 is 0. The second kappa shape index (κ2) is 3.46. The van der Waals surface area contributed by atoms with Gasteiger partial charge in [0.2, 0.25) is 0 Å². The third kappa shape index (κ3) is 5.27. The lowest BCUT2D eigenvalue weighted by molar-refractivity contribution is 0.158. The predicted octanol–water partition coefficient (Wildman–Crippen LogP) is 0.315. The van der Waals surface area contributed by atoms with Crippen LogP contribution in [0.1, 0.15) is 13.8 Å². The van der Waals surface area contributed by atoms with Gasteiger partial charge >= 0.3 is 0 Å². The second-order valence-electron chi connectivity index (χ2n) is 1.15. The lowest BCUT2D eigenvalue weighted by Crippen LogP contribution is -2.05. The Balaban J connectivity index is 3.08. The number of nitrogens with two attached hydrogens (primary N) is 1. The minimum Gasteiger partial charge on any atom is -0.395 e. The summed E-state index contributed by atoms with van der Waals surface area (Å²) in [5.74, 6) is 0.460. The molecule has 0 amide bonds. The van der Waals surface area contributed by atoms with Crippen LogP contribution in [0.25, 0.3) is 0 Å². The van der Waals surface area contributed by atoms with E-state index in [0.717, 1.165) is 0 Å². The van der Waals surface area contributed by atoms with Crippen LogP contribution in [0, 0.1) is 0 Å². The SMILES string of the molecule is CCO/N=C(\C)N. The van der Waals surface area contributed by atoms with Gasteiger partial charge in [0.25, 0.3) is 0 Å². The molecule has 0 spiro atoms. The second-order valence-corrected chi connectivity index (χ2v) is 1.15. The third-order valence-electron chi connectivity index (χ3n) is 0.338. The summed E-state index contributed by atoms with van der Waals surface area (Å²) in [6.45, 7) is 4.11. The molecule has 0 rings (SSSR count). The van der Waals surface area contributed by atoms with E-state index in [2.05, 4.69) is 9.99 Å². The van der Waals surface area contributed by atoms with E-state index in [1.54, 1.807) is 6.92 Å². The van der Waals surface area contributed by atoms with Crippen molar-refractivity contribution in [1.82, 2.24) is 0 Å². The molecule has 2 N–H and O–H groups in total. The number of hydrogen-bond acceptors (Lipinski definition) is 2. The predicted molar refractivity (Wildman–Crippen MR) is 28.9 cm³/mol. The molecule has 42 valence electrons. The Morgan fingerprint density at radius 1 is 1.86 bits per heavy atom. The average molecular weight is 102 g/mol. The summed E-state index contributed by atoms with van der Waals surface area (Å²) in [6.07, 6.45) is 0. The van der Waals surface area contributed by atoms with E-state index in [-0.39, 0.29) is 0 Å². The van der Waals surface area contributed by atoms with E-state index in [9.17, 15) is 0 Å². The Kier molecular flexibility index (Phi) is 3.10. The maximum absolute atomic E-state index is 5.10. The van der Waals surface area contributed by atoms with Gasteiger partial charge in [-0.05, 0) is 13.8 Å². The molecule has 0 aromatic heterocycles. The van der Waals surface area contributed by atoms with Crippen LogP contribution >= 0.6 is 0 Å². The first-order valence-corrected chi connectivity index (χ1v) is 2.19. The molecule has 0 heterocycles. The van der Waals surface area contributed by atoms with Crippen LogP contribution in [0.4, 0.5) is 0 Å². The summed E-state index contributed by atoms with van der Waals surface area (Å²) in [6, 6.07) is 0. The fourth-order valence-electron chi connectivity index (χ4n) is 0.166. The topological polar surface area (TPSA) is 47.6 Å². The summed E-state index contributed by atoms with van der Waals surface area (Å²) in [7, 11) is 0. The van der Waals surface area contributed by atoms with Crippen LogP contribution < -0.4 is 5.73 Å². The molecule has 3 nitrogen and oxygen atoms in total. The molecule has 0 aliphatic rings. The Labute approximate surface area is 43.1 Å². The highest BCUT2D eigenvalue weighted by molar-refractivity contribution is 5.76. The zero-order chi connectivity index (χ0) is 5.70. The lowest BCUT2D eigenvalue weighted by Gasteiger charge is -1.89. The molecule has 0 saturated carbocycles. The fraction of sp³-hybridized carbons (Fsp3) is 0.750. The van der Waals surface area contributed by atoms with Gasteiger partial charge in [0.05, 0.1) is 0 Å². The fourth-order valence-corrected chi connectivity index (χ4v) is 0.166. The monoisotopic (exact) mass is 102 g/mol. The van der Waals surface area contributed by atoms with Gasteiger partial charge in [0, 0.05) is 0 Å². The molecule has 0 radical (unpaired) electrons. The minimum absolute atomic E-state index is 0.460. The first-order valence-electron chi connectivity index (χ1n) is 2.19. The molecule has 0 atom stereocenters. The largest absolute Gasteiger partial charge is 0.395 e. The Bertz CT molecular complexity index is 66.1. The molecule has 0 fully saturated rings. The molecule has 0 aliphatic carbocycles. The van der Waals surface area contributed by atoms with Crippen molar-refractivity contribution in [3.63, 3.8) is 0 Å². The molecule has 0 unspecified atom stereocenters. The van der Waals surface area contributed by atoms with Crippen LogP contribution in [-0.4, -0.2) is 12.4 Å². The number of oxime groups is 1.